The maximum Gasteiger partial charge on any atom is 0.125 e. The molecule has 0 N–H and O–H groups in total. The van der Waals surface area contributed by atoms with Crippen LogP contribution in [0.15, 0.2) is 16.6 Å². The van der Waals surface area contributed by atoms with Crippen LogP contribution in [0.5, 0.6) is 5.75 Å². The van der Waals surface area contributed by atoms with Crippen LogP contribution >= 0.6 is 31.9 Å². The molecule has 2 rings (SSSR count). The molecule has 0 saturated heterocycles. The van der Waals surface area contributed by atoms with Crippen molar-refractivity contribution in [1.29, 1.82) is 0 Å². The molecule has 0 amide bonds. The molecule has 18 heavy (non-hydrogen) atoms. The number of rotatable bonds is 3. The Hall–Kier alpha value is -0.0200. The lowest BCUT2D eigenvalue weighted by Crippen LogP contribution is -2.24. The normalized spacial score (nSPS) is 16.3. The van der Waals surface area contributed by atoms with E-state index >= 15 is 0 Å². The van der Waals surface area contributed by atoms with E-state index < -0.39 is 0 Å². The van der Waals surface area contributed by atoms with Gasteiger partial charge in [-0.15, -0.1) is 0 Å². The van der Waals surface area contributed by atoms with Crippen molar-refractivity contribution in [2.24, 2.45) is 11.3 Å². The minimum Gasteiger partial charge on any atom is -0.493 e. The fourth-order valence-corrected chi connectivity index (χ4v) is 4.11. The van der Waals surface area contributed by atoms with Gasteiger partial charge in [0.15, 0.2) is 0 Å². The molecular weight excluding hydrogens is 356 g/mol. The van der Waals surface area contributed by atoms with Crippen molar-refractivity contribution >= 4 is 31.9 Å². The summed E-state index contributed by atoms with van der Waals surface area (Å²) in [4.78, 5) is 0. The summed E-state index contributed by atoms with van der Waals surface area (Å²) in [7, 11) is 0. The Balaban J connectivity index is 2.29. The lowest BCUT2D eigenvalue weighted by Gasteiger charge is -2.29. The highest BCUT2D eigenvalue weighted by atomic mass is 79.9. The zero-order valence-electron chi connectivity index (χ0n) is 11.2. The maximum atomic E-state index is 5.81. The number of fused-ring (bicyclic) bond motifs is 1. The van der Waals surface area contributed by atoms with Crippen LogP contribution in [0, 0.1) is 11.3 Å². The molecule has 1 aliphatic heterocycles. The molecule has 1 nitrogen and oxygen atoms in total. The van der Waals surface area contributed by atoms with Gasteiger partial charge in [-0.1, -0.05) is 52.6 Å². The Labute approximate surface area is 127 Å². The second-order valence-corrected chi connectivity index (χ2v) is 7.64. The molecule has 1 aliphatic rings. The third kappa shape index (κ3) is 3.11. The fourth-order valence-electron chi connectivity index (χ4n) is 2.36. The predicted octanol–water partition coefficient (Wildman–Crippen LogP) is 4.98. The van der Waals surface area contributed by atoms with Gasteiger partial charge >= 0.3 is 0 Å². The van der Waals surface area contributed by atoms with Crippen molar-refractivity contribution in [2.45, 2.75) is 33.6 Å². The molecule has 0 bridgehead atoms. The molecule has 0 saturated carbocycles. The molecule has 0 fully saturated rings. The average molecular weight is 376 g/mol. The van der Waals surface area contributed by atoms with Gasteiger partial charge in [-0.3, -0.25) is 0 Å². The second kappa shape index (κ2) is 5.54. The van der Waals surface area contributed by atoms with Gasteiger partial charge in [-0.2, -0.15) is 0 Å². The standard InChI is InChI=1S/C15H20Br2O/c1-15(2,3)12(9-16)6-11-8-13(17)7-10-4-5-18-14(10)11/h7-8,12H,4-6,9H2,1-3H3. The molecule has 1 heterocycles. The van der Waals surface area contributed by atoms with Crippen LogP contribution in [-0.2, 0) is 12.8 Å². The summed E-state index contributed by atoms with van der Waals surface area (Å²) >= 11 is 7.27. The van der Waals surface area contributed by atoms with Gasteiger partial charge in [0.05, 0.1) is 6.61 Å². The van der Waals surface area contributed by atoms with Gasteiger partial charge in [0.2, 0.25) is 0 Å². The number of hydrogen-bond donors (Lipinski definition) is 0. The highest BCUT2D eigenvalue weighted by molar-refractivity contribution is 9.10. The quantitative estimate of drug-likeness (QED) is 0.676. The van der Waals surface area contributed by atoms with E-state index in [0.717, 1.165) is 30.5 Å². The number of alkyl halides is 1. The second-order valence-electron chi connectivity index (χ2n) is 6.07. The van der Waals surface area contributed by atoms with Gasteiger partial charge in [0.25, 0.3) is 0 Å². The monoisotopic (exact) mass is 374 g/mol. The van der Waals surface area contributed by atoms with Crippen LogP contribution < -0.4 is 4.74 Å². The lowest BCUT2D eigenvalue weighted by atomic mass is 9.78. The smallest absolute Gasteiger partial charge is 0.125 e. The van der Waals surface area contributed by atoms with Gasteiger partial charge in [0.1, 0.15) is 5.75 Å². The Morgan fingerprint density at radius 1 is 1.33 bits per heavy atom. The van der Waals surface area contributed by atoms with E-state index in [4.69, 9.17) is 4.74 Å². The summed E-state index contributed by atoms with van der Waals surface area (Å²) in [5.74, 6) is 1.74. The van der Waals surface area contributed by atoms with E-state index in [0.29, 0.717) is 11.3 Å². The molecule has 0 aromatic heterocycles. The first-order valence-electron chi connectivity index (χ1n) is 6.42. The van der Waals surface area contributed by atoms with E-state index in [9.17, 15) is 0 Å². The Morgan fingerprint density at radius 2 is 2.06 bits per heavy atom. The van der Waals surface area contributed by atoms with Crippen molar-refractivity contribution in [1.82, 2.24) is 0 Å². The minimum atomic E-state index is 0.303. The van der Waals surface area contributed by atoms with Crippen molar-refractivity contribution in [3.05, 3.63) is 27.7 Å². The van der Waals surface area contributed by atoms with Gasteiger partial charge in [-0.05, 0) is 41.0 Å². The zero-order chi connectivity index (χ0) is 13.3. The molecule has 1 aromatic rings. The summed E-state index contributed by atoms with van der Waals surface area (Å²) < 4.78 is 6.98. The largest absolute Gasteiger partial charge is 0.493 e. The van der Waals surface area contributed by atoms with E-state index in [-0.39, 0.29) is 0 Å². The molecule has 1 aromatic carbocycles. The van der Waals surface area contributed by atoms with Crippen LogP contribution in [0.2, 0.25) is 0 Å². The fraction of sp³-hybridized carbons (Fsp3) is 0.600. The van der Waals surface area contributed by atoms with Gasteiger partial charge in [0, 0.05) is 16.2 Å². The van der Waals surface area contributed by atoms with E-state index in [1.165, 1.54) is 15.6 Å². The van der Waals surface area contributed by atoms with Crippen molar-refractivity contribution in [2.75, 3.05) is 11.9 Å². The summed E-state index contributed by atoms with van der Waals surface area (Å²) in [6.07, 6.45) is 2.10. The van der Waals surface area contributed by atoms with E-state index in [1.54, 1.807) is 0 Å². The molecule has 3 heteroatoms. The molecule has 100 valence electrons. The maximum absolute atomic E-state index is 5.81. The Bertz CT molecular complexity index is 435. The van der Waals surface area contributed by atoms with E-state index in [2.05, 4.69) is 64.8 Å². The first-order chi connectivity index (χ1) is 8.41. The average Bonchev–Trinajstić information content (AvgIpc) is 2.71. The number of halogens is 2. The third-order valence-electron chi connectivity index (χ3n) is 3.70. The number of hydrogen-bond acceptors (Lipinski definition) is 1. The highest BCUT2D eigenvalue weighted by Gasteiger charge is 2.26. The SMILES string of the molecule is CC(C)(C)C(CBr)Cc1cc(Br)cc2c1OCC2. The summed E-state index contributed by atoms with van der Waals surface area (Å²) in [6.45, 7) is 7.74. The van der Waals surface area contributed by atoms with Crippen LogP contribution in [-0.4, -0.2) is 11.9 Å². The topological polar surface area (TPSA) is 9.23 Å². The molecular formula is C15H20Br2O. The van der Waals surface area contributed by atoms with Gasteiger partial charge in [-0.25, -0.2) is 0 Å². The van der Waals surface area contributed by atoms with Gasteiger partial charge < -0.3 is 4.74 Å². The third-order valence-corrected chi connectivity index (χ3v) is 4.94. The highest BCUT2D eigenvalue weighted by Crippen LogP contribution is 2.38. The Kier molecular flexibility index (Phi) is 4.43. The molecule has 0 spiro atoms. The first-order valence-corrected chi connectivity index (χ1v) is 8.33. The first kappa shape index (κ1) is 14.4. The molecule has 0 aliphatic carbocycles. The van der Waals surface area contributed by atoms with Crippen molar-refractivity contribution in [3.8, 4) is 5.75 Å². The molecule has 0 radical (unpaired) electrons. The van der Waals surface area contributed by atoms with Crippen molar-refractivity contribution in [3.63, 3.8) is 0 Å². The summed E-state index contributed by atoms with van der Waals surface area (Å²) in [5, 5.41) is 1.03. The van der Waals surface area contributed by atoms with E-state index in [1.807, 2.05) is 0 Å². The Morgan fingerprint density at radius 3 is 2.67 bits per heavy atom. The summed E-state index contributed by atoms with van der Waals surface area (Å²) in [5.41, 5.74) is 3.00. The number of ether oxygens (including phenoxy) is 1. The molecule has 1 unspecified atom stereocenters. The van der Waals surface area contributed by atoms with Crippen LogP contribution in [0.4, 0.5) is 0 Å². The lowest BCUT2D eigenvalue weighted by molar-refractivity contribution is 0.263. The van der Waals surface area contributed by atoms with Crippen molar-refractivity contribution < 1.29 is 4.74 Å². The number of benzene rings is 1. The minimum absolute atomic E-state index is 0.303. The molecule has 1 atom stereocenters. The van der Waals surface area contributed by atoms with Crippen LogP contribution in [0.1, 0.15) is 31.9 Å². The van der Waals surface area contributed by atoms with Crippen LogP contribution in [0.25, 0.3) is 0 Å². The predicted molar refractivity (Wildman–Crippen MR) is 83.8 cm³/mol. The zero-order valence-corrected chi connectivity index (χ0v) is 14.4. The summed E-state index contributed by atoms with van der Waals surface area (Å²) in [6, 6.07) is 4.40. The van der Waals surface area contributed by atoms with Crippen LogP contribution in [0.3, 0.4) is 0 Å².